The molecule has 0 saturated carbocycles. The highest BCUT2D eigenvalue weighted by molar-refractivity contribution is 5.78. The van der Waals surface area contributed by atoms with Crippen LogP contribution in [-0.2, 0) is 24.3 Å². The van der Waals surface area contributed by atoms with E-state index in [2.05, 4.69) is 22.3 Å². The van der Waals surface area contributed by atoms with E-state index in [0.29, 0.717) is 13.0 Å². The van der Waals surface area contributed by atoms with Crippen molar-refractivity contribution in [1.29, 1.82) is 0 Å². The van der Waals surface area contributed by atoms with E-state index in [1.54, 1.807) is 12.4 Å². The minimum Gasteiger partial charge on any atom is -0.352 e. The van der Waals surface area contributed by atoms with Gasteiger partial charge in [0.25, 0.3) is 0 Å². The highest BCUT2D eigenvalue weighted by atomic mass is 16.1. The van der Waals surface area contributed by atoms with Crippen LogP contribution in [0.25, 0.3) is 0 Å². The van der Waals surface area contributed by atoms with Crippen molar-refractivity contribution in [3.63, 3.8) is 0 Å². The molecule has 0 aliphatic rings. The largest absolute Gasteiger partial charge is 0.352 e. The molecule has 0 saturated heterocycles. The van der Waals surface area contributed by atoms with Crippen molar-refractivity contribution in [2.45, 2.75) is 32.9 Å². The number of amides is 1. The molecule has 0 atom stereocenters. The first-order valence-corrected chi connectivity index (χ1v) is 6.46. The third kappa shape index (κ3) is 4.21. The van der Waals surface area contributed by atoms with E-state index in [1.807, 2.05) is 29.1 Å². The van der Waals surface area contributed by atoms with Crippen LogP contribution in [0, 0.1) is 0 Å². The average Bonchev–Trinajstić information content (AvgIpc) is 2.86. The number of rotatable bonds is 6. The molecule has 2 heterocycles. The van der Waals surface area contributed by atoms with E-state index >= 15 is 0 Å². The third-order valence-corrected chi connectivity index (χ3v) is 2.70. The molecule has 1 amide bonds. The highest BCUT2D eigenvalue weighted by Crippen LogP contribution is 1.99. The summed E-state index contributed by atoms with van der Waals surface area (Å²) in [4.78, 5) is 15.9. The first kappa shape index (κ1) is 13.3. The van der Waals surface area contributed by atoms with Crippen LogP contribution in [0.3, 0.4) is 0 Å². The van der Waals surface area contributed by atoms with Gasteiger partial charge in [-0.2, -0.15) is 5.10 Å². The van der Waals surface area contributed by atoms with E-state index in [-0.39, 0.29) is 5.91 Å². The maximum Gasteiger partial charge on any atom is 0.226 e. The van der Waals surface area contributed by atoms with Gasteiger partial charge in [-0.1, -0.05) is 13.0 Å². The van der Waals surface area contributed by atoms with Crippen molar-refractivity contribution in [3.05, 3.63) is 48.0 Å². The normalized spacial score (nSPS) is 10.4. The van der Waals surface area contributed by atoms with E-state index in [9.17, 15) is 4.79 Å². The maximum atomic E-state index is 11.7. The smallest absolute Gasteiger partial charge is 0.226 e. The Bertz CT molecular complexity index is 521. The number of carbonyl (C=O) groups excluding carboxylic acids is 1. The monoisotopic (exact) mass is 258 g/mol. The van der Waals surface area contributed by atoms with Crippen molar-refractivity contribution in [2.75, 3.05) is 0 Å². The summed E-state index contributed by atoms with van der Waals surface area (Å²) in [5.41, 5.74) is 1.80. The van der Waals surface area contributed by atoms with E-state index in [4.69, 9.17) is 0 Å². The summed E-state index contributed by atoms with van der Waals surface area (Å²) in [5, 5.41) is 7.09. The molecule has 19 heavy (non-hydrogen) atoms. The molecule has 0 fully saturated rings. The maximum absolute atomic E-state index is 11.7. The Balaban J connectivity index is 1.79. The van der Waals surface area contributed by atoms with Crippen molar-refractivity contribution >= 4 is 5.91 Å². The van der Waals surface area contributed by atoms with Crippen LogP contribution in [0.5, 0.6) is 0 Å². The second-order valence-corrected chi connectivity index (χ2v) is 4.39. The van der Waals surface area contributed by atoms with Crippen molar-refractivity contribution in [3.8, 4) is 0 Å². The quantitative estimate of drug-likeness (QED) is 0.855. The van der Waals surface area contributed by atoms with Crippen LogP contribution in [0.2, 0.25) is 0 Å². The highest BCUT2D eigenvalue weighted by Gasteiger charge is 2.05. The third-order valence-electron chi connectivity index (χ3n) is 2.70. The SMILES string of the molecule is CCCn1cc(CNC(=O)Cc2ccccn2)cn1. The van der Waals surface area contributed by atoms with Crippen LogP contribution in [-0.4, -0.2) is 20.7 Å². The fourth-order valence-electron chi connectivity index (χ4n) is 1.78. The molecule has 5 nitrogen and oxygen atoms in total. The second-order valence-electron chi connectivity index (χ2n) is 4.39. The zero-order valence-electron chi connectivity index (χ0n) is 11.0. The summed E-state index contributed by atoms with van der Waals surface area (Å²) in [6.45, 7) is 3.52. The van der Waals surface area contributed by atoms with Gasteiger partial charge < -0.3 is 5.32 Å². The fourth-order valence-corrected chi connectivity index (χ4v) is 1.78. The molecule has 0 aliphatic carbocycles. The number of aromatic nitrogens is 3. The lowest BCUT2D eigenvalue weighted by atomic mass is 10.2. The van der Waals surface area contributed by atoms with Gasteiger partial charge in [-0.15, -0.1) is 0 Å². The first-order chi connectivity index (χ1) is 9.28. The Morgan fingerprint density at radius 3 is 3.05 bits per heavy atom. The molecule has 0 spiro atoms. The van der Waals surface area contributed by atoms with Gasteiger partial charge in [0, 0.05) is 36.7 Å². The van der Waals surface area contributed by atoms with Gasteiger partial charge in [-0.25, -0.2) is 0 Å². The van der Waals surface area contributed by atoms with Crippen LogP contribution < -0.4 is 5.32 Å². The first-order valence-electron chi connectivity index (χ1n) is 6.46. The summed E-state index contributed by atoms with van der Waals surface area (Å²) >= 11 is 0. The molecule has 0 bridgehead atoms. The lowest BCUT2D eigenvalue weighted by Crippen LogP contribution is -2.24. The standard InChI is InChI=1S/C14H18N4O/c1-2-7-18-11-12(10-17-18)9-16-14(19)8-13-5-3-4-6-15-13/h3-6,10-11H,2,7-9H2,1H3,(H,16,19). The molecular weight excluding hydrogens is 240 g/mol. The molecule has 2 aromatic heterocycles. The minimum absolute atomic E-state index is 0.0260. The van der Waals surface area contributed by atoms with Crippen molar-refractivity contribution < 1.29 is 4.79 Å². The van der Waals surface area contributed by atoms with Gasteiger partial charge in [0.2, 0.25) is 5.91 Å². The number of aryl methyl sites for hydroxylation is 1. The lowest BCUT2D eigenvalue weighted by molar-refractivity contribution is -0.120. The Hall–Kier alpha value is -2.17. The Morgan fingerprint density at radius 1 is 1.42 bits per heavy atom. The van der Waals surface area contributed by atoms with E-state index in [0.717, 1.165) is 24.2 Å². The Kier molecular flexibility index (Phi) is 4.66. The molecule has 1 N–H and O–H groups in total. The Labute approximate surface area is 112 Å². The number of pyridine rings is 1. The lowest BCUT2D eigenvalue weighted by Gasteiger charge is -2.03. The summed E-state index contributed by atoms with van der Waals surface area (Å²) in [5.74, 6) is -0.0260. The molecule has 5 heteroatoms. The van der Waals surface area contributed by atoms with Gasteiger partial charge >= 0.3 is 0 Å². The number of nitrogens with one attached hydrogen (secondary N) is 1. The summed E-state index contributed by atoms with van der Waals surface area (Å²) < 4.78 is 1.89. The summed E-state index contributed by atoms with van der Waals surface area (Å²) in [6, 6.07) is 5.56. The molecule has 0 radical (unpaired) electrons. The molecule has 0 unspecified atom stereocenters. The van der Waals surface area contributed by atoms with Crippen LogP contribution in [0.15, 0.2) is 36.8 Å². The van der Waals surface area contributed by atoms with Crippen molar-refractivity contribution in [1.82, 2.24) is 20.1 Å². The molecule has 0 aromatic carbocycles. The average molecular weight is 258 g/mol. The fraction of sp³-hybridized carbons (Fsp3) is 0.357. The van der Waals surface area contributed by atoms with Gasteiger partial charge in [0.1, 0.15) is 0 Å². The predicted molar refractivity (Wildman–Crippen MR) is 72.3 cm³/mol. The summed E-state index contributed by atoms with van der Waals surface area (Å²) in [7, 11) is 0. The van der Waals surface area contributed by atoms with Crippen LogP contribution in [0.4, 0.5) is 0 Å². The van der Waals surface area contributed by atoms with Crippen molar-refractivity contribution in [2.24, 2.45) is 0 Å². The number of hydrogen-bond acceptors (Lipinski definition) is 3. The summed E-state index contributed by atoms with van der Waals surface area (Å²) in [6.07, 6.45) is 6.80. The van der Waals surface area contributed by atoms with E-state index in [1.165, 1.54) is 0 Å². The van der Waals surface area contributed by atoms with Gasteiger partial charge in [0.05, 0.1) is 12.6 Å². The topological polar surface area (TPSA) is 59.8 Å². The van der Waals surface area contributed by atoms with E-state index < -0.39 is 0 Å². The predicted octanol–water partition coefficient (Wildman–Crippen LogP) is 1.55. The van der Waals surface area contributed by atoms with Gasteiger partial charge in [0.15, 0.2) is 0 Å². The zero-order valence-corrected chi connectivity index (χ0v) is 11.0. The molecule has 2 aromatic rings. The zero-order chi connectivity index (χ0) is 13.5. The van der Waals surface area contributed by atoms with Crippen LogP contribution in [0.1, 0.15) is 24.6 Å². The minimum atomic E-state index is -0.0260. The molecule has 100 valence electrons. The number of hydrogen-bond donors (Lipinski definition) is 1. The number of carbonyl (C=O) groups is 1. The molecule has 2 rings (SSSR count). The number of nitrogens with zero attached hydrogens (tertiary/aromatic N) is 3. The molecular formula is C14H18N4O. The van der Waals surface area contributed by atoms with Crippen LogP contribution >= 0.6 is 0 Å². The van der Waals surface area contributed by atoms with Gasteiger partial charge in [-0.05, 0) is 18.6 Å². The second kappa shape index (κ2) is 6.68. The molecule has 0 aliphatic heterocycles. The van der Waals surface area contributed by atoms with Gasteiger partial charge in [-0.3, -0.25) is 14.5 Å². The Morgan fingerprint density at radius 2 is 2.32 bits per heavy atom.